The Balaban J connectivity index is 1.83. The van der Waals surface area contributed by atoms with E-state index in [0.717, 1.165) is 18.7 Å². The molecule has 1 amide bonds. The molecule has 0 aromatic heterocycles. The minimum atomic E-state index is 0.151. The van der Waals surface area contributed by atoms with Crippen LogP contribution in [0.1, 0.15) is 12.0 Å². The summed E-state index contributed by atoms with van der Waals surface area (Å²) in [5, 5.41) is 3.31. The largest absolute Gasteiger partial charge is 0.378 e. The second-order valence-corrected chi connectivity index (χ2v) is 5.91. The molecule has 1 unspecified atom stereocenters. The molecule has 1 atom stereocenters. The molecule has 110 valence electrons. The molecule has 1 N–H and O–H groups in total. The molecule has 2 rings (SSSR count). The summed E-state index contributed by atoms with van der Waals surface area (Å²) in [6.45, 7) is 2.85. The summed E-state index contributed by atoms with van der Waals surface area (Å²) in [4.78, 5) is 15.2. The zero-order valence-electron chi connectivity index (χ0n) is 12.1. The van der Waals surface area contributed by atoms with Gasteiger partial charge >= 0.3 is 0 Å². The van der Waals surface area contributed by atoms with Gasteiger partial charge in [-0.15, -0.1) is 11.8 Å². The van der Waals surface area contributed by atoms with E-state index in [1.165, 1.54) is 4.90 Å². The average molecular weight is 294 g/mol. The third-order valence-corrected chi connectivity index (χ3v) is 4.17. The highest BCUT2D eigenvalue weighted by Crippen LogP contribution is 2.16. The lowest BCUT2D eigenvalue weighted by Gasteiger charge is -2.25. The Kier molecular flexibility index (Phi) is 5.88. The van der Waals surface area contributed by atoms with Gasteiger partial charge in [0.25, 0.3) is 0 Å². The summed E-state index contributed by atoms with van der Waals surface area (Å²) in [6, 6.07) is 8.50. The van der Waals surface area contributed by atoms with E-state index in [-0.39, 0.29) is 11.9 Å². The highest BCUT2D eigenvalue weighted by Gasteiger charge is 2.19. The number of ether oxygens (including phenoxy) is 1. The van der Waals surface area contributed by atoms with Gasteiger partial charge in [-0.2, -0.15) is 0 Å². The first-order chi connectivity index (χ1) is 9.69. The third-order valence-electron chi connectivity index (χ3n) is 3.42. The van der Waals surface area contributed by atoms with E-state index in [2.05, 4.69) is 35.8 Å². The maximum absolute atomic E-state index is 12.2. The lowest BCUT2D eigenvalue weighted by molar-refractivity contribution is -0.131. The Bertz CT molecular complexity index is 430. The van der Waals surface area contributed by atoms with Crippen LogP contribution in [0.15, 0.2) is 29.2 Å². The number of carbonyl (C=O) groups excluding carboxylic acids is 1. The molecule has 1 fully saturated rings. The van der Waals surface area contributed by atoms with Crippen LogP contribution < -0.4 is 5.32 Å². The Morgan fingerprint density at radius 3 is 2.80 bits per heavy atom. The molecule has 20 heavy (non-hydrogen) atoms. The average Bonchev–Trinajstić information content (AvgIpc) is 2.49. The molecule has 0 bridgehead atoms. The summed E-state index contributed by atoms with van der Waals surface area (Å²) >= 11 is 1.72. The van der Waals surface area contributed by atoms with Gasteiger partial charge in [-0.25, -0.2) is 0 Å². The van der Waals surface area contributed by atoms with E-state index in [1.54, 1.807) is 16.7 Å². The van der Waals surface area contributed by atoms with Crippen LogP contribution in [0.3, 0.4) is 0 Å². The summed E-state index contributed by atoms with van der Waals surface area (Å²) in [5.74, 6) is 0.155. The topological polar surface area (TPSA) is 41.6 Å². The van der Waals surface area contributed by atoms with E-state index >= 15 is 0 Å². The van der Waals surface area contributed by atoms with Crippen molar-refractivity contribution < 1.29 is 9.53 Å². The van der Waals surface area contributed by atoms with Gasteiger partial charge in [-0.1, -0.05) is 12.1 Å². The summed E-state index contributed by atoms with van der Waals surface area (Å²) < 4.78 is 5.37. The second kappa shape index (κ2) is 7.67. The van der Waals surface area contributed by atoms with Crippen molar-refractivity contribution in [2.45, 2.75) is 23.9 Å². The first-order valence-electron chi connectivity index (χ1n) is 6.87. The molecule has 1 aliphatic rings. The van der Waals surface area contributed by atoms with Gasteiger partial charge in [0, 0.05) is 37.5 Å². The van der Waals surface area contributed by atoms with Crippen molar-refractivity contribution in [1.29, 1.82) is 0 Å². The molecule has 0 radical (unpaired) electrons. The quantitative estimate of drug-likeness (QED) is 0.840. The van der Waals surface area contributed by atoms with Crippen LogP contribution in [0.25, 0.3) is 0 Å². The smallest absolute Gasteiger partial charge is 0.224 e. The predicted octanol–water partition coefficient (Wildman–Crippen LogP) is 1.75. The van der Waals surface area contributed by atoms with Crippen molar-refractivity contribution in [3.8, 4) is 0 Å². The number of nitrogens with zero attached hydrogens (tertiary/aromatic N) is 1. The van der Waals surface area contributed by atoms with Crippen LogP contribution in [0, 0.1) is 0 Å². The van der Waals surface area contributed by atoms with Gasteiger partial charge < -0.3 is 15.0 Å². The number of morpholine rings is 1. The highest BCUT2D eigenvalue weighted by molar-refractivity contribution is 7.98. The van der Waals surface area contributed by atoms with Crippen molar-refractivity contribution in [1.82, 2.24) is 10.2 Å². The number of carbonyl (C=O) groups is 1. The monoisotopic (exact) mass is 294 g/mol. The number of rotatable bonds is 5. The zero-order valence-corrected chi connectivity index (χ0v) is 12.9. The fourth-order valence-corrected chi connectivity index (χ4v) is 2.62. The highest BCUT2D eigenvalue weighted by atomic mass is 32.2. The van der Waals surface area contributed by atoms with Crippen LogP contribution in [-0.4, -0.2) is 49.9 Å². The first kappa shape index (κ1) is 15.4. The molecule has 0 spiro atoms. The van der Waals surface area contributed by atoms with Crippen molar-refractivity contribution in [2.24, 2.45) is 0 Å². The summed E-state index contributed by atoms with van der Waals surface area (Å²) in [5.41, 5.74) is 1.16. The Labute approximate surface area is 124 Å². The molecule has 1 saturated heterocycles. The number of benzene rings is 1. The number of nitrogens with one attached hydrogen (secondary N) is 1. The molecule has 1 aromatic rings. The lowest BCUT2D eigenvalue weighted by atomic mass is 10.1. The van der Waals surface area contributed by atoms with E-state index in [1.807, 2.05) is 7.05 Å². The lowest BCUT2D eigenvalue weighted by Crippen LogP contribution is -2.44. The van der Waals surface area contributed by atoms with Gasteiger partial charge in [0.05, 0.1) is 13.2 Å². The van der Waals surface area contributed by atoms with Crippen molar-refractivity contribution >= 4 is 17.7 Å². The molecular formula is C15H22N2O2S. The zero-order chi connectivity index (χ0) is 14.4. The second-order valence-electron chi connectivity index (χ2n) is 5.03. The molecule has 1 heterocycles. The van der Waals surface area contributed by atoms with E-state index in [0.29, 0.717) is 19.6 Å². The molecule has 1 aromatic carbocycles. The van der Waals surface area contributed by atoms with Gasteiger partial charge in [-0.05, 0) is 24.0 Å². The molecular weight excluding hydrogens is 272 g/mol. The Hall–Kier alpha value is -1.04. The molecule has 5 heteroatoms. The van der Waals surface area contributed by atoms with Gasteiger partial charge in [-0.3, -0.25) is 4.79 Å². The van der Waals surface area contributed by atoms with E-state index < -0.39 is 0 Å². The van der Waals surface area contributed by atoms with Crippen molar-refractivity contribution in [3.63, 3.8) is 0 Å². The van der Waals surface area contributed by atoms with Crippen LogP contribution in [-0.2, 0) is 16.1 Å². The fraction of sp³-hybridized carbons (Fsp3) is 0.533. The number of thioether (sulfide) groups is 1. The molecule has 0 saturated carbocycles. The number of amides is 1. The van der Waals surface area contributed by atoms with Gasteiger partial charge in [0.15, 0.2) is 0 Å². The first-order valence-corrected chi connectivity index (χ1v) is 8.09. The normalized spacial score (nSPS) is 18.8. The van der Waals surface area contributed by atoms with E-state index in [4.69, 9.17) is 4.74 Å². The van der Waals surface area contributed by atoms with Crippen LogP contribution >= 0.6 is 11.8 Å². The van der Waals surface area contributed by atoms with Crippen LogP contribution in [0.5, 0.6) is 0 Å². The predicted molar refractivity (Wildman–Crippen MR) is 81.9 cm³/mol. The Morgan fingerprint density at radius 1 is 1.45 bits per heavy atom. The van der Waals surface area contributed by atoms with Crippen LogP contribution in [0.2, 0.25) is 0 Å². The third kappa shape index (κ3) is 4.51. The minimum absolute atomic E-state index is 0.151. The maximum atomic E-state index is 12.2. The minimum Gasteiger partial charge on any atom is -0.378 e. The summed E-state index contributed by atoms with van der Waals surface area (Å²) in [6.07, 6.45) is 2.56. The summed E-state index contributed by atoms with van der Waals surface area (Å²) in [7, 11) is 1.86. The molecule has 4 nitrogen and oxygen atoms in total. The van der Waals surface area contributed by atoms with E-state index in [9.17, 15) is 4.79 Å². The van der Waals surface area contributed by atoms with Crippen LogP contribution in [0.4, 0.5) is 0 Å². The van der Waals surface area contributed by atoms with Crippen molar-refractivity contribution in [2.75, 3.05) is 33.1 Å². The number of hydrogen-bond donors (Lipinski definition) is 1. The maximum Gasteiger partial charge on any atom is 0.224 e. The van der Waals surface area contributed by atoms with Crippen molar-refractivity contribution in [3.05, 3.63) is 29.8 Å². The van der Waals surface area contributed by atoms with Gasteiger partial charge in [0.2, 0.25) is 5.91 Å². The fourth-order valence-electron chi connectivity index (χ4n) is 2.21. The number of hydrogen-bond acceptors (Lipinski definition) is 4. The SMILES string of the molecule is CSc1ccc(CN(C)C(=O)CC2COCCN2)cc1. The molecule has 1 aliphatic heterocycles. The van der Waals surface area contributed by atoms with Gasteiger partial charge in [0.1, 0.15) is 0 Å². The standard InChI is InChI=1S/C15H22N2O2S/c1-17(10-12-3-5-14(20-2)6-4-12)15(18)9-13-11-19-8-7-16-13/h3-6,13,16H,7-11H2,1-2H3. The molecule has 0 aliphatic carbocycles. The Morgan fingerprint density at radius 2 is 2.20 bits per heavy atom.